The Kier molecular flexibility index (Phi) is 3.69. The van der Waals surface area contributed by atoms with E-state index in [0.29, 0.717) is 11.7 Å². The third-order valence-corrected chi connectivity index (χ3v) is 3.19. The predicted molar refractivity (Wildman–Crippen MR) is 80.0 cm³/mol. The van der Waals surface area contributed by atoms with Crippen molar-refractivity contribution in [2.45, 2.75) is 20.5 Å². The van der Waals surface area contributed by atoms with Gasteiger partial charge in [-0.2, -0.15) is 4.98 Å². The van der Waals surface area contributed by atoms with Crippen LogP contribution in [0.3, 0.4) is 0 Å². The van der Waals surface area contributed by atoms with Crippen molar-refractivity contribution < 1.29 is 9.26 Å². The van der Waals surface area contributed by atoms with Crippen molar-refractivity contribution in [2.24, 2.45) is 0 Å². The molecule has 1 aromatic heterocycles. The van der Waals surface area contributed by atoms with E-state index in [1.165, 1.54) is 0 Å². The number of rotatable bonds is 4. The van der Waals surface area contributed by atoms with Crippen LogP contribution in [0.25, 0.3) is 11.4 Å². The predicted octanol–water partition coefficient (Wildman–Crippen LogP) is 3.93. The molecule has 106 valence electrons. The average Bonchev–Trinajstić information content (AvgIpc) is 2.95. The summed E-state index contributed by atoms with van der Waals surface area (Å²) < 4.78 is 10.9. The molecule has 4 heteroatoms. The topological polar surface area (TPSA) is 48.2 Å². The Morgan fingerprint density at radius 1 is 1.05 bits per heavy atom. The Bertz CT molecular complexity index is 750. The molecule has 3 aromatic rings. The largest absolute Gasteiger partial charge is 0.483 e. The minimum Gasteiger partial charge on any atom is -0.483 e. The molecular weight excluding hydrogens is 264 g/mol. The van der Waals surface area contributed by atoms with E-state index in [1.54, 1.807) is 0 Å². The van der Waals surface area contributed by atoms with E-state index in [9.17, 15) is 0 Å². The number of hydrogen-bond acceptors (Lipinski definition) is 4. The molecule has 0 aliphatic rings. The van der Waals surface area contributed by atoms with Crippen LogP contribution in [0, 0.1) is 13.8 Å². The lowest BCUT2D eigenvalue weighted by Crippen LogP contribution is -1.97. The molecule has 0 atom stereocenters. The fourth-order valence-corrected chi connectivity index (χ4v) is 2.07. The molecule has 0 aliphatic carbocycles. The van der Waals surface area contributed by atoms with Crippen molar-refractivity contribution in [1.82, 2.24) is 10.1 Å². The fraction of sp³-hybridized carbons (Fsp3) is 0.176. The molecule has 0 aliphatic heterocycles. The number of aryl methyl sites for hydroxylation is 2. The van der Waals surface area contributed by atoms with Gasteiger partial charge in [0.2, 0.25) is 5.82 Å². The molecule has 3 rings (SSSR count). The van der Waals surface area contributed by atoms with Crippen molar-refractivity contribution in [3.8, 4) is 17.1 Å². The van der Waals surface area contributed by atoms with Gasteiger partial charge in [-0.05, 0) is 31.5 Å². The normalized spacial score (nSPS) is 10.6. The zero-order chi connectivity index (χ0) is 14.7. The van der Waals surface area contributed by atoms with Crippen LogP contribution in [0.2, 0.25) is 0 Å². The second-order valence-corrected chi connectivity index (χ2v) is 4.94. The van der Waals surface area contributed by atoms with E-state index in [-0.39, 0.29) is 6.61 Å². The summed E-state index contributed by atoms with van der Waals surface area (Å²) in [4.78, 5) is 4.36. The second-order valence-electron chi connectivity index (χ2n) is 4.94. The van der Waals surface area contributed by atoms with E-state index in [2.05, 4.69) is 10.1 Å². The van der Waals surface area contributed by atoms with Gasteiger partial charge < -0.3 is 9.26 Å². The highest BCUT2D eigenvalue weighted by Gasteiger charge is 2.09. The first-order valence-corrected chi connectivity index (χ1v) is 6.80. The van der Waals surface area contributed by atoms with Gasteiger partial charge in [-0.15, -0.1) is 0 Å². The molecule has 0 unspecified atom stereocenters. The maximum absolute atomic E-state index is 5.70. The summed E-state index contributed by atoms with van der Waals surface area (Å²) in [6.45, 7) is 4.30. The van der Waals surface area contributed by atoms with Crippen LogP contribution in [0.15, 0.2) is 53.1 Å². The van der Waals surface area contributed by atoms with Crippen LogP contribution in [-0.4, -0.2) is 10.1 Å². The number of benzene rings is 2. The number of para-hydroxylation sites is 1. The number of hydrogen-bond donors (Lipinski definition) is 0. The van der Waals surface area contributed by atoms with E-state index < -0.39 is 0 Å². The Morgan fingerprint density at radius 2 is 1.90 bits per heavy atom. The SMILES string of the molecule is Cc1cccc(-c2noc(COc3ccccc3C)n2)c1. The summed E-state index contributed by atoms with van der Waals surface area (Å²) in [5.41, 5.74) is 3.19. The van der Waals surface area contributed by atoms with Crippen LogP contribution in [0.1, 0.15) is 17.0 Å². The van der Waals surface area contributed by atoms with Gasteiger partial charge in [0.25, 0.3) is 5.89 Å². The van der Waals surface area contributed by atoms with E-state index in [0.717, 1.165) is 22.4 Å². The minimum atomic E-state index is 0.268. The van der Waals surface area contributed by atoms with Gasteiger partial charge in [-0.3, -0.25) is 0 Å². The maximum atomic E-state index is 5.70. The zero-order valence-corrected chi connectivity index (χ0v) is 12.0. The molecule has 21 heavy (non-hydrogen) atoms. The lowest BCUT2D eigenvalue weighted by molar-refractivity contribution is 0.242. The molecule has 2 aromatic carbocycles. The average molecular weight is 280 g/mol. The Labute approximate surface area is 123 Å². The third kappa shape index (κ3) is 3.11. The molecule has 0 amide bonds. The summed E-state index contributed by atoms with van der Waals surface area (Å²) in [5, 5.41) is 4.00. The van der Waals surface area contributed by atoms with Crippen LogP contribution >= 0.6 is 0 Å². The summed E-state index contributed by atoms with van der Waals surface area (Å²) in [7, 11) is 0. The first-order chi connectivity index (χ1) is 10.2. The van der Waals surface area contributed by atoms with Gasteiger partial charge in [0, 0.05) is 5.56 Å². The molecule has 1 heterocycles. The van der Waals surface area contributed by atoms with Crippen molar-refractivity contribution in [3.05, 3.63) is 65.5 Å². The zero-order valence-electron chi connectivity index (χ0n) is 12.0. The molecule has 0 saturated heterocycles. The Balaban J connectivity index is 1.72. The highest BCUT2D eigenvalue weighted by molar-refractivity contribution is 5.55. The Morgan fingerprint density at radius 3 is 2.71 bits per heavy atom. The third-order valence-electron chi connectivity index (χ3n) is 3.19. The van der Waals surface area contributed by atoms with E-state index in [1.807, 2.05) is 62.4 Å². The molecule has 0 saturated carbocycles. The van der Waals surface area contributed by atoms with Gasteiger partial charge in [0.1, 0.15) is 5.75 Å². The van der Waals surface area contributed by atoms with Gasteiger partial charge in [0.15, 0.2) is 6.61 Å². The number of nitrogens with zero attached hydrogens (tertiary/aromatic N) is 2. The van der Waals surface area contributed by atoms with Crippen LogP contribution in [-0.2, 0) is 6.61 Å². The standard InChI is InChI=1S/C17H16N2O2/c1-12-6-5-8-14(10-12)17-18-16(21-19-17)11-20-15-9-4-3-7-13(15)2/h3-10H,11H2,1-2H3. The first-order valence-electron chi connectivity index (χ1n) is 6.80. The molecular formula is C17H16N2O2. The van der Waals surface area contributed by atoms with Crippen LogP contribution in [0.4, 0.5) is 0 Å². The lowest BCUT2D eigenvalue weighted by atomic mass is 10.1. The summed E-state index contributed by atoms with van der Waals surface area (Å²) in [5.74, 6) is 1.88. The first kappa shape index (κ1) is 13.4. The minimum absolute atomic E-state index is 0.268. The molecule has 0 spiro atoms. The fourth-order valence-electron chi connectivity index (χ4n) is 2.07. The molecule has 0 radical (unpaired) electrons. The highest BCUT2D eigenvalue weighted by Crippen LogP contribution is 2.20. The maximum Gasteiger partial charge on any atom is 0.264 e. The van der Waals surface area contributed by atoms with Crippen molar-refractivity contribution in [1.29, 1.82) is 0 Å². The number of aromatic nitrogens is 2. The van der Waals surface area contributed by atoms with Crippen molar-refractivity contribution in [2.75, 3.05) is 0 Å². The van der Waals surface area contributed by atoms with Gasteiger partial charge in [0.05, 0.1) is 0 Å². The lowest BCUT2D eigenvalue weighted by Gasteiger charge is -2.05. The quantitative estimate of drug-likeness (QED) is 0.726. The summed E-state index contributed by atoms with van der Waals surface area (Å²) in [6.07, 6.45) is 0. The van der Waals surface area contributed by atoms with Gasteiger partial charge in [-0.25, -0.2) is 0 Å². The van der Waals surface area contributed by atoms with Crippen LogP contribution in [0.5, 0.6) is 5.75 Å². The highest BCUT2D eigenvalue weighted by atomic mass is 16.5. The van der Waals surface area contributed by atoms with Crippen LogP contribution < -0.4 is 4.74 Å². The van der Waals surface area contributed by atoms with Gasteiger partial charge >= 0.3 is 0 Å². The Hall–Kier alpha value is -2.62. The van der Waals surface area contributed by atoms with Gasteiger partial charge in [-0.1, -0.05) is 47.1 Å². The summed E-state index contributed by atoms with van der Waals surface area (Å²) >= 11 is 0. The smallest absolute Gasteiger partial charge is 0.264 e. The second kappa shape index (κ2) is 5.79. The molecule has 0 fully saturated rings. The van der Waals surface area contributed by atoms with Crippen molar-refractivity contribution in [3.63, 3.8) is 0 Å². The summed E-state index contributed by atoms with van der Waals surface area (Å²) in [6, 6.07) is 15.8. The van der Waals surface area contributed by atoms with E-state index in [4.69, 9.17) is 9.26 Å². The van der Waals surface area contributed by atoms with Crippen molar-refractivity contribution >= 4 is 0 Å². The van der Waals surface area contributed by atoms with E-state index >= 15 is 0 Å². The number of ether oxygens (including phenoxy) is 1. The molecule has 0 N–H and O–H groups in total. The molecule has 4 nitrogen and oxygen atoms in total. The monoisotopic (exact) mass is 280 g/mol. The molecule has 0 bridgehead atoms.